The molecule has 88 valence electrons. The second-order valence-electron chi connectivity index (χ2n) is 4.35. The molecule has 1 aliphatic rings. The normalized spacial score (nSPS) is 19.0. The van der Waals surface area contributed by atoms with Crippen molar-refractivity contribution < 1.29 is 9.63 Å². The third kappa shape index (κ3) is 1.85. The van der Waals surface area contributed by atoms with Crippen LogP contribution in [0.25, 0.3) is 0 Å². The Morgan fingerprint density at radius 2 is 2.24 bits per heavy atom. The minimum atomic E-state index is -0.193. The van der Waals surface area contributed by atoms with E-state index in [4.69, 9.17) is 9.63 Å². The molecule has 0 amide bonds. The van der Waals surface area contributed by atoms with Crippen molar-refractivity contribution in [1.29, 1.82) is 0 Å². The highest BCUT2D eigenvalue weighted by atomic mass is 16.5. The van der Waals surface area contributed by atoms with Gasteiger partial charge in [0, 0.05) is 5.92 Å². The molecule has 2 aromatic rings. The molecule has 0 fully saturated rings. The Hall–Kier alpha value is -1.68. The molecule has 4 heteroatoms. The first-order valence-electron chi connectivity index (χ1n) is 5.89. The Labute approximate surface area is 99.3 Å². The van der Waals surface area contributed by atoms with Crippen LogP contribution in [0.4, 0.5) is 0 Å². The number of aliphatic hydroxyl groups excluding tert-OH is 1. The molecule has 4 nitrogen and oxygen atoms in total. The fourth-order valence-corrected chi connectivity index (χ4v) is 2.50. The van der Waals surface area contributed by atoms with Gasteiger partial charge in [0.05, 0.1) is 0 Å². The van der Waals surface area contributed by atoms with Crippen LogP contribution in [0.15, 0.2) is 28.8 Å². The van der Waals surface area contributed by atoms with Gasteiger partial charge in [0.15, 0.2) is 5.82 Å². The number of aliphatic hydroxyl groups is 1. The van der Waals surface area contributed by atoms with Crippen LogP contribution < -0.4 is 0 Å². The first-order valence-corrected chi connectivity index (χ1v) is 5.89. The maximum Gasteiger partial charge on any atom is 0.252 e. The number of hydrogen-bond donors (Lipinski definition) is 1. The largest absolute Gasteiger partial charge is 0.387 e. The molecule has 3 rings (SSSR count). The molecule has 1 N–H and O–H groups in total. The monoisotopic (exact) mass is 230 g/mol. The molecule has 1 aromatic carbocycles. The molecule has 17 heavy (non-hydrogen) atoms. The number of hydrogen-bond acceptors (Lipinski definition) is 4. The van der Waals surface area contributed by atoms with Crippen LogP contribution in [0.5, 0.6) is 0 Å². The Kier molecular flexibility index (Phi) is 2.65. The van der Waals surface area contributed by atoms with Crippen LogP contribution in [-0.2, 0) is 13.0 Å². The van der Waals surface area contributed by atoms with E-state index in [0.717, 1.165) is 19.3 Å². The molecule has 1 aromatic heterocycles. The average molecular weight is 230 g/mol. The second-order valence-corrected chi connectivity index (χ2v) is 4.35. The minimum Gasteiger partial charge on any atom is -0.387 e. The topological polar surface area (TPSA) is 59.2 Å². The Balaban J connectivity index is 1.99. The molecule has 0 spiro atoms. The maximum atomic E-state index is 8.95. The zero-order chi connectivity index (χ0) is 11.7. The number of rotatable bonds is 2. The summed E-state index contributed by atoms with van der Waals surface area (Å²) in [4.78, 5) is 4.22. The average Bonchev–Trinajstić information content (AvgIpc) is 2.87. The van der Waals surface area contributed by atoms with Crippen molar-refractivity contribution in [2.75, 3.05) is 0 Å². The predicted molar refractivity (Wildman–Crippen MR) is 61.4 cm³/mol. The standard InChI is InChI=1S/C13H14N2O2/c16-8-12-14-13(15-17-12)11-7-3-5-9-4-1-2-6-10(9)11/h1-2,4,6,11,16H,3,5,7-8H2. The summed E-state index contributed by atoms with van der Waals surface area (Å²) < 4.78 is 4.97. The van der Waals surface area contributed by atoms with Crippen LogP contribution >= 0.6 is 0 Å². The predicted octanol–water partition coefficient (Wildman–Crippen LogP) is 2.03. The molecule has 0 radical (unpaired) electrons. The molecular formula is C13H14N2O2. The fourth-order valence-electron chi connectivity index (χ4n) is 2.50. The molecule has 0 saturated carbocycles. The van der Waals surface area contributed by atoms with E-state index < -0.39 is 0 Å². The molecule has 1 atom stereocenters. The van der Waals surface area contributed by atoms with Gasteiger partial charge in [-0.05, 0) is 30.4 Å². The third-order valence-electron chi connectivity index (χ3n) is 3.30. The number of aryl methyl sites for hydroxylation is 1. The molecule has 0 bridgehead atoms. The van der Waals surface area contributed by atoms with Crippen molar-refractivity contribution in [2.45, 2.75) is 31.8 Å². The number of nitrogens with zero attached hydrogens (tertiary/aromatic N) is 2. The second kappa shape index (κ2) is 4.30. The van der Waals surface area contributed by atoms with Gasteiger partial charge in [-0.25, -0.2) is 0 Å². The van der Waals surface area contributed by atoms with Gasteiger partial charge in [0.25, 0.3) is 5.89 Å². The summed E-state index contributed by atoms with van der Waals surface area (Å²) in [6, 6.07) is 8.41. The minimum absolute atomic E-state index is 0.193. The van der Waals surface area contributed by atoms with Gasteiger partial charge < -0.3 is 9.63 Å². The lowest BCUT2D eigenvalue weighted by molar-refractivity contribution is 0.222. The summed E-state index contributed by atoms with van der Waals surface area (Å²) in [6.07, 6.45) is 3.31. The smallest absolute Gasteiger partial charge is 0.252 e. The van der Waals surface area contributed by atoms with Crippen molar-refractivity contribution in [2.24, 2.45) is 0 Å². The van der Waals surface area contributed by atoms with Gasteiger partial charge in [-0.15, -0.1) is 0 Å². The van der Waals surface area contributed by atoms with Gasteiger partial charge in [0.1, 0.15) is 6.61 Å². The fraction of sp³-hybridized carbons (Fsp3) is 0.385. The van der Waals surface area contributed by atoms with Crippen LogP contribution in [0.3, 0.4) is 0 Å². The summed E-state index contributed by atoms with van der Waals surface area (Å²) in [5.74, 6) is 1.20. The van der Waals surface area contributed by atoms with Crippen molar-refractivity contribution in [3.05, 3.63) is 47.1 Å². The highest BCUT2D eigenvalue weighted by molar-refractivity contribution is 5.35. The lowest BCUT2D eigenvalue weighted by atomic mass is 9.82. The summed E-state index contributed by atoms with van der Waals surface area (Å²) in [6.45, 7) is -0.193. The van der Waals surface area contributed by atoms with E-state index in [9.17, 15) is 0 Å². The summed E-state index contributed by atoms with van der Waals surface area (Å²) in [5.41, 5.74) is 2.67. The first-order chi connectivity index (χ1) is 8.38. The van der Waals surface area contributed by atoms with Gasteiger partial charge in [0.2, 0.25) is 0 Å². The van der Waals surface area contributed by atoms with E-state index in [0.29, 0.717) is 11.7 Å². The SMILES string of the molecule is OCc1nc(C2CCCc3ccccc32)no1. The van der Waals surface area contributed by atoms with Crippen molar-refractivity contribution in [1.82, 2.24) is 10.1 Å². The molecule has 1 heterocycles. The van der Waals surface area contributed by atoms with Crippen molar-refractivity contribution in [3.63, 3.8) is 0 Å². The van der Waals surface area contributed by atoms with E-state index in [2.05, 4.69) is 28.3 Å². The number of benzene rings is 1. The van der Waals surface area contributed by atoms with Gasteiger partial charge >= 0.3 is 0 Å². The quantitative estimate of drug-likeness (QED) is 0.857. The van der Waals surface area contributed by atoms with E-state index >= 15 is 0 Å². The van der Waals surface area contributed by atoms with Crippen LogP contribution in [0.1, 0.15) is 41.6 Å². The summed E-state index contributed by atoms with van der Waals surface area (Å²) in [5, 5.41) is 12.9. The summed E-state index contributed by atoms with van der Waals surface area (Å²) in [7, 11) is 0. The molecule has 0 saturated heterocycles. The maximum absolute atomic E-state index is 8.95. The van der Waals surface area contributed by atoms with Crippen molar-refractivity contribution >= 4 is 0 Å². The Morgan fingerprint density at radius 1 is 1.35 bits per heavy atom. The molecular weight excluding hydrogens is 216 g/mol. The molecule has 1 aliphatic carbocycles. The third-order valence-corrected chi connectivity index (χ3v) is 3.30. The first kappa shape index (κ1) is 10.5. The zero-order valence-electron chi connectivity index (χ0n) is 9.47. The van der Waals surface area contributed by atoms with E-state index in [1.807, 2.05) is 6.07 Å². The Bertz CT molecular complexity index is 522. The van der Waals surface area contributed by atoms with Crippen LogP contribution in [0.2, 0.25) is 0 Å². The van der Waals surface area contributed by atoms with Gasteiger partial charge in [-0.2, -0.15) is 4.98 Å². The number of fused-ring (bicyclic) bond motifs is 1. The Morgan fingerprint density at radius 3 is 3.06 bits per heavy atom. The van der Waals surface area contributed by atoms with Gasteiger partial charge in [-0.1, -0.05) is 29.4 Å². The molecule has 0 aliphatic heterocycles. The number of aromatic nitrogens is 2. The van der Waals surface area contributed by atoms with Gasteiger partial charge in [-0.3, -0.25) is 0 Å². The van der Waals surface area contributed by atoms with Crippen LogP contribution in [0, 0.1) is 0 Å². The van der Waals surface area contributed by atoms with Crippen molar-refractivity contribution in [3.8, 4) is 0 Å². The van der Waals surface area contributed by atoms with E-state index in [1.165, 1.54) is 11.1 Å². The van der Waals surface area contributed by atoms with E-state index in [-0.39, 0.29) is 12.5 Å². The lowest BCUT2D eigenvalue weighted by Gasteiger charge is -2.22. The summed E-state index contributed by atoms with van der Waals surface area (Å²) >= 11 is 0. The zero-order valence-corrected chi connectivity index (χ0v) is 9.47. The van der Waals surface area contributed by atoms with E-state index in [1.54, 1.807) is 0 Å². The lowest BCUT2D eigenvalue weighted by Crippen LogP contribution is -2.12. The highest BCUT2D eigenvalue weighted by Gasteiger charge is 2.25. The van der Waals surface area contributed by atoms with Crippen LogP contribution in [-0.4, -0.2) is 15.2 Å². The highest BCUT2D eigenvalue weighted by Crippen LogP contribution is 2.34. The molecule has 1 unspecified atom stereocenters.